The molecule has 1 fully saturated rings. The van der Waals surface area contributed by atoms with Gasteiger partial charge in [-0.15, -0.1) is 0 Å². The number of benzene rings is 2. The lowest BCUT2D eigenvalue weighted by atomic mass is 10.0. The highest BCUT2D eigenvalue weighted by molar-refractivity contribution is 5.96. The Kier molecular flexibility index (Phi) is 4.73. The van der Waals surface area contributed by atoms with E-state index in [4.69, 9.17) is 5.73 Å². The summed E-state index contributed by atoms with van der Waals surface area (Å²) < 4.78 is 0. The predicted octanol–water partition coefficient (Wildman–Crippen LogP) is 2.70. The number of amides is 1. The van der Waals surface area contributed by atoms with Crippen LogP contribution in [0.4, 0.5) is 5.69 Å². The van der Waals surface area contributed by atoms with E-state index in [1.165, 1.54) is 0 Å². The van der Waals surface area contributed by atoms with Crippen molar-refractivity contribution in [2.75, 3.05) is 25.9 Å². The molecular weight excluding hydrogens is 338 g/mol. The number of anilines is 1. The van der Waals surface area contributed by atoms with Crippen molar-refractivity contribution in [1.82, 2.24) is 20.2 Å². The number of hydrogen-bond donors (Lipinski definition) is 2. The van der Waals surface area contributed by atoms with Gasteiger partial charge in [0.2, 0.25) is 0 Å². The molecule has 4 rings (SSSR count). The Balaban J connectivity index is 1.57. The van der Waals surface area contributed by atoms with E-state index in [2.05, 4.69) is 27.2 Å². The van der Waals surface area contributed by atoms with Gasteiger partial charge in [0.1, 0.15) is 5.69 Å². The second kappa shape index (κ2) is 7.32. The lowest BCUT2D eigenvalue weighted by Gasteiger charge is -2.29. The van der Waals surface area contributed by atoms with E-state index in [1.54, 1.807) is 12.3 Å². The highest BCUT2D eigenvalue weighted by atomic mass is 16.1. The molecule has 1 aromatic heterocycles. The minimum absolute atomic E-state index is 0.145. The molecule has 27 heavy (non-hydrogen) atoms. The summed E-state index contributed by atoms with van der Waals surface area (Å²) in [6, 6.07) is 13.6. The van der Waals surface area contributed by atoms with E-state index >= 15 is 0 Å². The minimum atomic E-state index is -0.145. The first-order chi connectivity index (χ1) is 13.1. The van der Waals surface area contributed by atoms with E-state index in [0.29, 0.717) is 17.2 Å². The number of nitrogens with two attached hydrogens (primary N) is 1. The highest BCUT2D eigenvalue weighted by Gasteiger charge is 2.20. The van der Waals surface area contributed by atoms with Gasteiger partial charge >= 0.3 is 0 Å². The Hall–Kier alpha value is -2.99. The van der Waals surface area contributed by atoms with Gasteiger partial charge in [0.15, 0.2) is 5.82 Å². The first-order valence-electron chi connectivity index (χ1n) is 9.21. The molecule has 3 N–H and O–H groups in total. The average molecular weight is 361 g/mol. The summed E-state index contributed by atoms with van der Waals surface area (Å²) in [4.78, 5) is 23.7. The third-order valence-corrected chi connectivity index (χ3v) is 5.12. The standard InChI is InChI=1S/C21H23N5O/c1-26-11-8-16(9-12-26)24-21(27)19-7-10-23-20(25-19)15-6-5-14-3-2-4-18(22)17(14)13-15/h2-7,10,13,16H,8-9,11-12,22H2,1H3,(H,24,27). The smallest absolute Gasteiger partial charge is 0.270 e. The van der Waals surface area contributed by atoms with Crippen LogP contribution >= 0.6 is 0 Å². The van der Waals surface area contributed by atoms with Crippen molar-refractivity contribution in [2.45, 2.75) is 18.9 Å². The Morgan fingerprint density at radius 1 is 1.19 bits per heavy atom. The van der Waals surface area contributed by atoms with Gasteiger partial charge < -0.3 is 16.0 Å². The fraction of sp³-hybridized carbons (Fsp3) is 0.286. The van der Waals surface area contributed by atoms with Crippen molar-refractivity contribution in [3.8, 4) is 11.4 Å². The summed E-state index contributed by atoms with van der Waals surface area (Å²) in [5.41, 5.74) is 8.03. The maximum absolute atomic E-state index is 12.6. The van der Waals surface area contributed by atoms with Crippen LogP contribution in [0.2, 0.25) is 0 Å². The number of nitrogens with one attached hydrogen (secondary N) is 1. The molecule has 0 bridgehead atoms. The first kappa shape index (κ1) is 17.4. The Labute approximate surface area is 158 Å². The zero-order chi connectivity index (χ0) is 18.8. The summed E-state index contributed by atoms with van der Waals surface area (Å²) in [7, 11) is 2.10. The first-order valence-corrected chi connectivity index (χ1v) is 9.21. The molecule has 1 amide bonds. The number of hydrogen-bond acceptors (Lipinski definition) is 5. The van der Waals surface area contributed by atoms with E-state index in [0.717, 1.165) is 42.3 Å². The molecule has 6 nitrogen and oxygen atoms in total. The van der Waals surface area contributed by atoms with Gasteiger partial charge in [-0.3, -0.25) is 4.79 Å². The number of carbonyl (C=O) groups is 1. The van der Waals surface area contributed by atoms with Crippen LogP contribution < -0.4 is 11.1 Å². The van der Waals surface area contributed by atoms with Gasteiger partial charge in [-0.2, -0.15) is 0 Å². The van der Waals surface area contributed by atoms with Crippen LogP contribution in [0, 0.1) is 0 Å². The molecule has 138 valence electrons. The summed E-state index contributed by atoms with van der Waals surface area (Å²) in [5, 5.41) is 5.12. The average Bonchev–Trinajstić information content (AvgIpc) is 2.70. The fourth-order valence-corrected chi connectivity index (χ4v) is 3.47. The number of piperidine rings is 1. The van der Waals surface area contributed by atoms with Crippen molar-refractivity contribution < 1.29 is 4.79 Å². The normalized spacial score (nSPS) is 15.7. The lowest BCUT2D eigenvalue weighted by molar-refractivity contribution is 0.0911. The fourth-order valence-electron chi connectivity index (χ4n) is 3.47. The summed E-state index contributed by atoms with van der Waals surface area (Å²) >= 11 is 0. The second-order valence-electron chi connectivity index (χ2n) is 7.10. The molecule has 0 spiro atoms. The van der Waals surface area contributed by atoms with E-state index < -0.39 is 0 Å². The third-order valence-electron chi connectivity index (χ3n) is 5.12. The van der Waals surface area contributed by atoms with Crippen LogP contribution in [-0.2, 0) is 0 Å². The van der Waals surface area contributed by atoms with Gasteiger partial charge in [0.05, 0.1) is 0 Å². The number of rotatable bonds is 3. The number of aromatic nitrogens is 2. The van der Waals surface area contributed by atoms with E-state index in [1.807, 2.05) is 36.4 Å². The third kappa shape index (κ3) is 3.75. The zero-order valence-corrected chi connectivity index (χ0v) is 15.4. The number of nitrogens with zero attached hydrogens (tertiary/aromatic N) is 3. The van der Waals surface area contributed by atoms with Gasteiger partial charge in [0, 0.05) is 28.9 Å². The number of likely N-dealkylation sites (tertiary alicyclic amines) is 1. The molecule has 2 heterocycles. The summed E-state index contributed by atoms with van der Waals surface area (Å²) in [5.74, 6) is 0.379. The largest absolute Gasteiger partial charge is 0.398 e. The van der Waals surface area contributed by atoms with Gasteiger partial charge in [-0.1, -0.05) is 24.3 Å². The van der Waals surface area contributed by atoms with Crippen molar-refractivity contribution in [2.24, 2.45) is 0 Å². The molecule has 1 aliphatic heterocycles. The molecule has 1 saturated heterocycles. The van der Waals surface area contributed by atoms with Crippen LogP contribution in [0.3, 0.4) is 0 Å². The number of nitrogen functional groups attached to an aromatic ring is 1. The molecule has 2 aromatic carbocycles. The van der Waals surface area contributed by atoms with Gasteiger partial charge in [-0.25, -0.2) is 9.97 Å². The van der Waals surface area contributed by atoms with Gasteiger partial charge in [0.25, 0.3) is 5.91 Å². The molecule has 3 aromatic rings. The number of fused-ring (bicyclic) bond motifs is 1. The van der Waals surface area contributed by atoms with Crippen molar-refractivity contribution >= 4 is 22.4 Å². The van der Waals surface area contributed by atoms with Crippen LogP contribution in [-0.4, -0.2) is 47.0 Å². The lowest BCUT2D eigenvalue weighted by Crippen LogP contribution is -2.43. The molecule has 0 unspecified atom stereocenters. The monoisotopic (exact) mass is 361 g/mol. The molecule has 0 aliphatic carbocycles. The quantitative estimate of drug-likeness (QED) is 0.701. The maximum atomic E-state index is 12.6. The minimum Gasteiger partial charge on any atom is -0.398 e. The van der Waals surface area contributed by atoms with Crippen LogP contribution in [0.15, 0.2) is 48.7 Å². The van der Waals surface area contributed by atoms with Crippen LogP contribution in [0.25, 0.3) is 22.2 Å². The molecule has 6 heteroatoms. The topological polar surface area (TPSA) is 84.1 Å². The Morgan fingerprint density at radius 3 is 2.81 bits per heavy atom. The summed E-state index contributed by atoms with van der Waals surface area (Å²) in [6.45, 7) is 2.00. The molecule has 0 saturated carbocycles. The molecule has 0 radical (unpaired) electrons. The second-order valence-corrected chi connectivity index (χ2v) is 7.10. The van der Waals surface area contributed by atoms with E-state index in [9.17, 15) is 4.79 Å². The predicted molar refractivity (Wildman–Crippen MR) is 107 cm³/mol. The SMILES string of the molecule is CN1CCC(NC(=O)c2ccnc(-c3ccc4cccc(N)c4c3)n2)CC1. The zero-order valence-electron chi connectivity index (χ0n) is 15.4. The van der Waals surface area contributed by atoms with Gasteiger partial charge in [-0.05, 0) is 56.6 Å². The van der Waals surface area contributed by atoms with Crippen molar-refractivity contribution in [1.29, 1.82) is 0 Å². The summed E-state index contributed by atoms with van der Waals surface area (Å²) in [6.07, 6.45) is 3.55. The molecule has 0 atom stereocenters. The van der Waals surface area contributed by atoms with E-state index in [-0.39, 0.29) is 11.9 Å². The molecule has 1 aliphatic rings. The Bertz CT molecular complexity index is 979. The van der Waals surface area contributed by atoms with Crippen molar-refractivity contribution in [3.63, 3.8) is 0 Å². The maximum Gasteiger partial charge on any atom is 0.270 e. The Morgan fingerprint density at radius 2 is 2.00 bits per heavy atom. The molecular formula is C21H23N5O. The van der Waals surface area contributed by atoms with Crippen LogP contribution in [0.5, 0.6) is 0 Å². The van der Waals surface area contributed by atoms with Crippen molar-refractivity contribution in [3.05, 3.63) is 54.4 Å². The number of carbonyl (C=O) groups excluding carboxylic acids is 1. The van der Waals surface area contributed by atoms with Crippen LogP contribution in [0.1, 0.15) is 23.3 Å². The highest BCUT2D eigenvalue weighted by Crippen LogP contribution is 2.26.